The summed E-state index contributed by atoms with van der Waals surface area (Å²) in [5.41, 5.74) is 1.96. The van der Waals surface area contributed by atoms with E-state index >= 15 is 0 Å². The van der Waals surface area contributed by atoms with Gasteiger partial charge >= 0.3 is 11.9 Å². The van der Waals surface area contributed by atoms with E-state index in [1.54, 1.807) is 12.1 Å². The highest BCUT2D eigenvalue weighted by atomic mass is 19.1. The third-order valence-corrected chi connectivity index (χ3v) is 6.08. The predicted molar refractivity (Wildman–Crippen MR) is 130 cm³/mol. The molecule has 0 unspecified atom stereocenters. The van der Waals surface area contributed by atoms with Crippen molar-refractivity contribution in [3.63, 3.8) is 0 Å². The predicted octanol–water partition coefficient (Wildman–Crippen LogP) is 3.71. The molecule has 0 atom stereocenters. The molecular weight excluding hydrogens is 467 g/mol. The Bertz CT molecular complexity index is 1260. The Kier molecular flexibility index (Phi) is 7.53. The molecule has 2 aromatic carbocycles. The van der Waals surface area contributed by atoms with Gasteiger partial charge in [-0.1, -0.05) is 0 Å². The Hall–Kier alpha value is -4.34. The standard InChI is InChI=1S/C26H25FN4O5/c1-35-25(33)18-5-8-20(26(34)36-2)22(15-18)28-24(32)17-11-13-31(14-12-17)23-10-9-21(29-30-23)16-3-6-19(27)7-4-16/h3-10,15,17H,11-14H2,1-2H3,(H,28,32). The molecule has 1 amide bonds. The second-order valence-corrected chi connectivity index (χ2v) is 8.28. The SMILES string of the molecule is COC(=O)c1ccc(C(=O)OC)c(NC(=O)C2CCN(c3ccc(-c4ccc(F)cc4)nn3)CC2)c1. The summed E-state index contributed by atoms with van der Waals surface area (Å²) in [5, 5.41) is 11.3. The van der Waals surface area contributed by atoms with Crippen molar-refractivity contribution in [2.24, 2.45) is 5.92 Å². The Morgan fingerprint density at radius 3 is 2.22 bits per heavy atom. The number of nitrogens with zero attached hydrogens (tertiary/aromatic N) is 3. The van der Waals surface area contributed by atoms with E-state index in [0.29, 0.717) is 37.4 Å². The first kappa shape index (κ1) is 24.8. The van der Waals surface area contributed by atoms with Crippen molar-refractivity contribution in [2.75, 3.05) is 37.5 Å². The highest BCUT2D eigenvalue weighted by molar-refractivity contribution is 6.04. The maximum Gasteiger partial charge on any atom is 0.339 e. The number of carbonyl (C=O) groups excluding carboxylic acids is 3. The molecule has 9 nitrogen and oxygen atoms in total. The third kappa shape index (κ3) is 5.48. The van der Waals surface area contributed by atoms with E-state index in [1.807, 2.05) is 17.0 Å². The van der Waals surface area contributed by atoms with Crippen molar-refractivity contribution in [2.45, 2.75) is 12.8 Å². The lowest BCUT2D eigenvalue weighted by Gasteiger charge is -2.32. The molecule has 186 valence electrons. The van der Waals surface area contributed by atoms with Crippen LogP contribution in [0.1, 0.15) is 33.6 Å². The molecule has 1 aliphatic rings. The molecule has 0 radical (unpaired) electrons. The summed E-state index contributed by atoms with van der Waals surface area (Å²) in [6.45, 7) is 1.18. The zero-order valence-electron chi connectivity index (χ0n) is 19.9. The van der Waals surface area contributed by atoms with Gasteiger partial charge in [0.15, 0.2) is 5.82 Å². The number of hydrogen-bond acceptors (Lipinski definition) is 8. The number of aromatic nitrogens is 2. The van der Waals surface area contributed by atoms with Gasteiger partial charge in [-0.3, -0.25) is 4.79 Å². The fourth-order valence-electron chi connectivity index (χ4n) is 4.05. The molecule has 1 fully saturated rings. The first-order valence-corrected chi connectivity index (χ1v) is 11.4. The van der Waals surface area contributed by atoms with E-state index in [1.165, 1.54) is 44.6 Å². The van der Waals surface area contributed by atoms with Crippen molar-refractivity contribution in [3.05, 3.63) is 71.5 Å². The average Bonchev–Trinajstić information content (AvgIpc) is 2.92. The molecule has 4 rings (SSSR count). The molecule has 1 saturated heterocycles. The van der Waals surface area contributed by atoms with E-state index in [4.69, 9.17) is 9.47 Å². The maximum absolute atomic E-state index is 13.1. The van der Waals surface area contributed by atoms with Crippen molar-refractivity contribution < 1.29 is 28.2 Å². The Morgan fingerprint density at radius 1 is 0.917 bits per heavy atom. The highest BCUT2D eigenvalue weighted by Crippen LogP contribution is 2.26. The molecule has 3 aromatic rings. The molecule has 10 heteroatoms. The number of esters is 2. The maximum atomic E-state index is 13.1. The number of piperidine rings is 1. The fraction of sp³-hybridized carbons (Fsp3) is 0.269. The molecule has 36 heavy (non-hydrogen) atoms. The lowest BCUT2D eigenvalue weighted by molar-refractivity contribution is -0.120. The monoisotopic (exact) mass is 492 g/mol. The largest absolute Gasteiger partial charge is 0.465 e. The number of nitrogens with one attached hydrogen (secondary N) is 1. The summed E-state index contributed by atoms with van der Waals surface area (Å²) >= 11 is 0. The average molecular weight is 493 g/mol. The van der Waals surface area contributed by atoms with Gasteiger partial charge in [0.1, 0.15) is 5.82 Å². The van der Waals surface area contributed by atoms with Crippen LogP contribution in [0.2, 0.25) is 0 Å². The first-order chi connectivity index (χ1) is 17.4. The number of rotatable bonds is 6. The number of hydrogen-bond donors (Lipinski definition) is 1. The minimum Gasteiger partial charge on any atom is -0.465 e. The molecule has 1 aliphatic heterocycles. The van der Waals surface area contributed by atoms with E-state index < -0.39 is 11.9 Å². The fourth-order valence-corrected chi connectivity index (χ4v) is 4.05. The van der Waals surface area contributed by atoms with Crippen molar-refractivity contribution in [3.8, 4) is 11.3 Å². The van der Waals surface area contributed by atoms with Crippen LogP contribution in [-0.2, 0) is 14.3 Å². The number of methoxy groups -OCH3 is 2. The number of benzene rings is 2. The molecule has 0 aliphatic carbocycles. The van der Waals surface area contributed by atoms with Crippen LogP contribution in [0.5, 0.6) is 0 Å². The number of halogens is 1. The van der Waals surface area contributed by atoms with Crippen LogP contribution in [0.4, 0.5) is 15.9 Å². The van der Waals surface area contributed by atoms with Gasteiger partial charge < -0.3 is 19.7 Å². The van der Waals surface area contributed by atoms with Crippen LogP contribution in [0, 0.1) is 11.7 Å². The lowest BCUT2D eigenvalue weighted by atomic mass is 9.95. The van der Waals surface area contributed by atoms with Crippen LogP contribution in [0.25, 0.3) is 11.3 Å². The summed E-state index contributed by atoms with van der Waals surface area (Å²) in [5.74, 6) is -1.37. The number of amides is 1. The minimum atomic E-state index is -0.626. The normalized spacial score (nSPS) is 13.7. The topological polar surface area (TPSA) is 111 Å². The van der Waals surface area contributed by atoms with Gasteiger partial charge in [0, 0.05) is 24.6 Å². The zero-order chi connectivity index (χ0) is 25.7. The molecule has 1 aromatic heterocycles. The van der Waals surface area contributed by atoms with Crippen LogP contribution >= 0.6 is 0 Å². The summed E-state index contributed by atoms with van der Waals surface area (Å²) in [4.78, 5) is 39.1. The van der Waals surface area contributed by atoms with Gasteiger partial charge in [-0.25, -0.2) is 14.0 Å². The first-order valence-electron chi connectivity index (χ1n) is 11.4. The van der Waals surface area contributed by atoms with E-state index in [-0.39, 0.29) is 34.5 Å². The molecule has 1 N–H and O–H groups in total. The van der Waals surface area contributed by atoms with Gasteiger partial charge in [-0.15, -0.1) is 10.2 Å². The minimum absolute atomic E-state index is 0.146. The molecule has 0 bridgehead atoms. The third-order valence-electron chi connectivity index (χ3n) is 6.08. The Balaban J connectivity index is 1.40. The summed E-state index contributed by atoms with van der Waals surface area (Å²) < 4.78 is 22.7. The van der Waals surface area contributed by atoms with Crippen LogP contribution in [-0.4, -0.2) is 55.4 Å². The number of anilines is 2. The number of ether oxygens (including phenoxy) is 2. The van der Waals surface area contributed by atoms with Gasteiger partial charge in [0.2, 0.25) is 5.91 Å². The van der Waals surface area contributed by atoms with Crippen LogP contribution in [0.3, 0.4) is 0 Å². The van der Waals surface area contributed by atoms with E-state index in [2.05, 4.69) is 15.5 Å². The second-order valence-electron chi connectivity index (χ2n) is 8.28. The number of carbonyl (C=O) groups is 3. The van der Waals surface area contributed by atoms with Crippen LogP contribution < -0.4 is 10.2 Å². The Labute approximate surface area is 207 Å². The molecule has 0 saturated carbocycles. The van der Waals surface area contributed by atoms with Gasteiger partial charge in [-0.2, -0.15) is 0 Å². The smallest absolute Gasteiger partial charge is 0.339 e. The van der Waals surface area contributed by atoms with Gasteiger partial charge in [0.25, 0.3) is 0 Å². The second kappa shape index (κ2) is 10.9. The van der Waals surface area contributed by atoms with E-state index in [9.17, 15) is 18.8 Å². The van der Waals surface area contributed by atoms with E-state index in [0.717, 1.165) is 5.56 Å². The van der Waals surface area contributed by atoms with Crippen molar-refractivity contribution in [1.82, 2.24) is 10.2 Å². The van der Waals surface area contributed by atoms with Crippen molar-refractivity contribution >= 4 is 29.4 Å². The quantitative estimate of drug-likeness (QED) is 0.519. The summed E-state index contributed by atoms with van der Waals surface area (Å²) in [7, 11) is 2.50. The lowest BCUT2D eigenvalue weighted by Crippen LogP contribution is -2.38. The molecule has 2 heterocycles. The summed E-state index contributed by atoms with van der Waals surface area (Å²) in [6.07, 6.45) is 1.13. The highest BCUT2D eigenvalue weighted by Gasteiger charge is 2.27. The van der Waals surface area contributed by atoms with Gasteiger partial charge in [0.05, 0.1) is 36.7 Å². The molecular formula is C26H25FN4O5. The summed E-state index contributed by atoms with van der Waals surface area (Å²) in [6, 6.07) is 14.0. The van der Waals surface area contributed by atoms with Gasteiger partial charge in [-0.05, 0) is 67.4 Å². The zero-order valence-corrected chi connectivity index (χ0v) is 19.9. The Morgan fingerprint density at radius 2 is 1.61 bits per heavy atom. The van der Waals surface area contributed by atoms with Crippen molar-refractivity contribution in [1.29, 1.82) is 0 Å². The van der Waals surface area contributed by atoms with Crippen LogP contribution in [0.15, 0.2) is 54.6 Å². The molecule has 0 spiro atoms.